The lowest BCUT2D eigenvalue weighted by Gasteiger charge is -2.39. The maximum Gasteiger partial charge on any atom is 0.255 e. The van der Waals surface area contributed by atoms with Crippen molar-refractivity contribution in [3.8, 4) is 11.8 Å². The van der Waals surface area contributed by atoms with Crippen molar-refractivity contribution < 1.29 is 23.9 Å². The molecular weight excluding hydrogens is 534 g/mol. The van der Waals surface area contributed by atoms with Gasteiger partial charge in [0.1, 0.15) is 18.4 Å². The van der Waals surface area contributed by atoms with Gasteiger partial charge >= 0.3 is 0 Å². The molecule has 2 atom stereocenters. The van der Waals surface area contributed by atoms with Crippen molar-refractivity contribution in [1.82, 2.24) is 20.0 Å². The van der Waals surface area contributed by atoms with Crippen molar-refractivity contribution in [1.29, 1.82) is 5.26 Å². The van der Waals surface area contributed by atoms with Crippen LogP contribution in [0.4, 0.5) is 0 Å². The highest BCUT2D eigenvalue weighted by Crippen LogP contribution is 2.36. The third-order valence-corrected chi connectivity index (χ3v) is 9.29. The number of amides is 4. The summed E-state index contributed by atoms with van der Waals surface area (Å²) in [5, 5.41) is 12.3. The number of carbonyl (C=O) groups excluding carboxylic acids is 4. The summed E-state index contributed by atoms with van der Waals surface area (Å²) in [6, 6.07) is 16.9. The molecule has 0 radical (unpaired) electrons. The third-order valence-electron chi connectivity index (χ3n) is 9.29. The first-order chi connectivity index (χ1) is 20.4. The van der Waals surface area contributed by atoms with Crippen LogP contribution in [-0.4, -0.2) is 83.2 Å². The highest BCUT2D eigenvalue weighted by Gasteiger charge is 2.42. The van der Waals surface area contributed by atoms with Crippen LogP contribution in [0.15, 0.2) is 48.5 Å². The Morgan fingerprint density at radius 1 is 1.02 bits per heavy atom. The first-order valence-electron chi connectivity index (χ1n) is 14.8. The van der Waals surface area contributed by atoms with Gasteiger partial charge in [0.15, 0.2) is 0 Å². The molecule has 4 aliphatic heterocycles. The second-order valence-corrected chi connectivity index (χ2v) is 11.6. The number of carbonyl (C=O) groups is 4. The smallest absolute Gasteiger partial charge is 0.255 e. The molecule has 2 aromatic carbocycles. The zero-order valence-corrected chi connectivity index (χ0v) is 23.6. The molecule has 218 valence electrons. The van der Waals surface area contributed by atoms with E-state index in [9.17, 15) is 24.4 Å². The second kappa shape index (κ2) is 11.6. The molecular formula is C32H35N5O5. The minimum absolute atomic E-state index is 0.123. The SMILES string of the molecule is N#CC1(c2ccccc2)CCN(C(=O)[C@H]2CCCN2CCOc2cccc3c2CN(C2CCC(=O)NC2=O)C3=O)CC1. The monoisotopic (exact) mass is 569 g/mol. The van der Waals surface area contributed by atoms with Gasteiger partial charge in [-0.1, -0.05) is 36.4 Å². The molecule has 0 saturated carbocycles. The van der Waals surface area contributed by atoms with Gasteiger partial charge in [-0.05, 0) is 56.3 Å². The van der Waals surface area contributed by atoms with Gasteiger partial charge in [-0.25, -0.2) is 0 Å². The lowest BCUT2D eigenvalue weighted by molar-refractivity contribution is -0.138. The first kappa shape index (κ1) is 27.9. The van der Waals surface area contributed by atoms with Crippen molar-refractivity contribution in [2.24, 2.45) is 0 Å². The molecule has 10 heteroatoms. The summed E-state index contributed by atoms with van der Waals surface area (Å²) in [5.41, 5.74) is 1.73. The van der Waals surface area contributed by atoms with E-state index < -0.39 is 17.4 Å². The lowest BCUT2D eigenvalue weighted by Crippen LogP contribution is -2.52. The number of ether oxygens (including phenoxy) is 1. The van der Waals surface area contributed by atoms with E-state index in [-0.39, 0.29) is 36.7 Å². The fourth-order valence-corrected chi connectivity index (χ4v) is 6.88. The molecule has 2 aromatic rings. The molecule has 3 saturated heterocycles. The number of fused-ring (bicyclic) bond motifs is 1. The Balaban J connectivity index is 1.05. The van der Waals surface area contributed by atoms with Gasteiger partial charge in [-0.3, -0.25) is 29.4 Å². The molecule has 10 nitrogen and oxygen atoms in total. The number of nitrogens with zero attached hydrogens (tertiary/aromatic N) is 4. The number of rotatable bonds is 7. The number of hydrogen-bond acceptors (Lipinski definition) is 7. The summed E-state index contributed by atoms with van der Waals surface area (Å²) in [5.74, 6) is -0.261. The van der Waals surface area contributed by atoms with Crippen LogP contribution in [0.3, 0.4) is 0 Å². The number of hydrogen-bond donors (Lipinski definition) is 1. The van der Waals surface area contributed by atoms with Gasteiger partial charge < -0.3 is 14.5 Å². The van der Waals surface area contributed by atoms with Crippen LogP contribution in [0, 0.1) is 11.3 Å². The van der Waals surface area contributed by atoms with E-state index >= 15 is 0 Å². The predicted octanol–water partition coefficient (Wildman–Crippen LogP) is 2.37. The van der Waals surface area contributed by atoms with Crippen molar-refractivity contribution in [2.75, 3.05) is 32.8 Å². The average Bonchev–Trinajstić information content (AvgIpc) is 3.62. The van der Waals surface area contributed by atoms with Crippen LogP contribution in [0.25, 0.3) is 0 Å². The van der Waals surface area contributed by atoms with E-state index in [1.807, 2.05) is 41.3 Å². The Bertz CT molecular complexity index is 1430. The maximum atomic E-state index is 13.6. The molecule has 4 heterocycles. The topological polar surface area (TPSA) is 123 Å². The van der Waals surface area contributed by atoms with E-state index in [0.29, 0.717) is 56.8 Å². The summed E-state index contributed by atoms with van der Waals surface area (Å²) in [6.45, 7) is 3.13. The fraction of sp³-hybridized carbons (Fsp3) is 0.469. The Morgan fingerprint density at radius 2 is 1.81 bits per heavy atom. The summed E-state index contributed by atoms with van der Waals surface area (Å²) in [6.07, 6.45) is 3.51. The van der Waals surface area contributed by atoms with Crippen molar-refractivity contribution >= 4 is 23.6 Å². The summed E-state index contributed by atoms with van der Waals surface area (Å²) >= 11 is 0. The molecule has 0 bridgehead atoms. The highest BCUT2D eigenvalue weighted by atomic mass is 16.5. The van der Waals surface area contributed by atoms with Gasteiger partial charge in [0.25, 0.3) is 5.91 Å². The van der Waals surface area contributed by atoms with Crippen LogP contribution < -0.4 is 10.1 Å². The quantitative estimate of drug-likeness (QED) is 0.508. The standard InChI is InChI=1S/C32H35N5O5/c33-21-32(22-6-2-1-3-7-22)13-16-36(17-14-32)31(41)26-9-5-15-35(26)18-19-42-27-10-4-8-23-24(27)20-37(30(23)40)25-11-12-28(38)34-29(25)39/h1-4,6-8,10,25-26H,5,9,11-20H2,(H,34,38,39)/t25?,26-/m1/s1. The van der Waals surface area contributed by atoms with Crippen LogP contribution in [0.5, 0.6) is 5.75 Å². The molecule has 1 unspecified atom stereocenters. The largest absolute Gasteiger partial charge is 0.492 e. The molecule has 3 fully saturated rings. The normalized spacial score (nSPS) is 23.8. The van der Waals surface area contributed by atoms with Gasteiger partial charge in [-0.15, -0.1) is 0 Å². The fourth-order valence-electron chi connectivity index (χ4n) is 6.88. The molecule has 42 heavy (non-hydrogen) atoms. The Hall–Kier alpha value is -4.23. The number of benzene rings is 2. The molecule has 4 aliphatic rings. The lowest BCUT2D eigenvalue weighted by atomic mass is 9.74. The van der Waals surface area contributed by atoms with Crippen LogP contribution in [-0.2, 0) is 26.3 Å². The number of piperidine rings is 2. The third kappa shape index (κ3) is 5.13. The average molecular weight is 570 g/mol. The Kier molecular flexibility index (Phi) is 7.69. The Morgan fingerprint density at radius 3 is 2.55 bits per heavy atom. The number of nitrogens with one attached hydrogen (secondary N) is 1. The van der Waals surface area contributed by atoms with Crippen molar-refractivity contribution in [2.45, 2.75) is 62.6 Å². The second-order valence-electron chi connectivity index (χ2n) is 11.6. The van der Waals surface area contributed by atoms with Crippen molar-refractivity contribution in [3.05, 3.63) is 65.2 Å². The molecule has 1 N–H and O–H groups in total. The van der Waals surface area contributed by atoms with E-state index in [1.165, 1.54) is 4.90 Å². The molecule has 0 spiro atoms. The number of likely N-dealkylation sites (tertiary alicyclic amines) is 2. The van der Waals surface area contributed by atoms with Gasteiger partial charge in [0.05, 0.1) is 24.1 Å². The maximum absolute atomic E-state index is 13.6. The Labute approximate surface area is 245 Å². The van der Waals surface area contributed by atoms with Gasteiger partial charge in [0, 0.05) is 37.2 Å². The van der Waals surface area contributed by atoms with Crippen molar-refractivity contribution in [3.63, 3.8) is 0 Å². The molecule has 0 aliphatic carbocycles. The number of imide groups is 1. The van der Waals surface area contributed by atoms with Crippen LogP contribution in [0.2, 0.25) is 0 Å². The van der Waals surface area contributed by atoms with Gasteiger partial charge in [0.2, 0.25) is 17.7 Å². The van der Waals surface area contributed by atoms with Crippen LogP contribution in [0.1, 0.15) is 60.0 Å². The molecule has 4 amide bonds. The highest BCUT2D eigenvalue weighted by molar-refractivity contribution is 6.05. The van der Waals surface area contributed by atoms with E-state index in [4.69, 9.17) is 4.74 Å². The van der Waals surface area contributed by atoms with Gasteiger partial charge in [-0.2, -0.15) is 5.26 Å². The summed E-state index contributed by atoms with van der Waals surface area (Å²) in [7, 11) is 0. The zero-order valence-electron chi connectivity index (χ0n) is 23.6. The molecule has 6 rings (SSSR count). The zero-order chi connectivity index (χ0) is 29.3. The molecule has 0 aromatic heterocycles. The summed E-state index contributed by atoms with van der Waals surface area (Å²) in [4.78, 5) is 56.2. The minimum atomic E-state index is -0.674. The minimum Gasteiger partial charge on any atom is -0.492 e. The van der Waals surface area contributed by atoms with Crippen LogP contribution >= 0.6 is 0 Å². The predicted molar refractivity (Wildman–Crippen MR) is 152 cm³/mol. The van der Waals surface area contributed by atoms with E-state index in [2.05, 4.69) is 16.3 Å². The number of nitriles is 1. The first-order valence-corrected chi connectivity index (χ1v) is 14.8. The summed E-state index contributed by atoms with van der Waals surface area (Å²) < 4.78 is 6.17. The van der Waals surface area contributed by atoms with E-state index in [0.717, 1.165) is 30.5 Å². The van der Waals surface area contributed by atoms with E-state index in [1.54, 1.807) is 12.1 Å².